The van der Waals surface area contributed by atoms with Gasteiger partial charge in [0.1, 0.15) is 0 Å². The van der Waals surface area contributed by atoms with Crippen LogP contribution in [0.3, 0.4) is 0 Å². The molecular weight excluding hydrogens is 240 g/mol. The van der Waals surface area contributed by atoms with E-state index in [1.165, 1.54) is 12.8 Å². The second kappa shape index (κ2) is 9.32. The minimum Gasteiger partial charge on any atom is -0.381 e. The molecule has 1 aliphatic rings. The van der Waals surface area contributed by atoms with E-state index in [0.29, 0.717) is 24.3 Å². The minimum absolute atomic E-state index is 0.313. The molecule has 19 heavy (non-hydrogen) atoms. The molecule has 0 aromatic carbocycles. The maximum absolute atomic E-state index is 12.2. The van der Waals surface area contributed by atoms with Crippen LogP contribution in [0, 0.1) is 5.92 Å². The van der Waals surface area contributed by atoms with Crippen molar-refractivity contribution in [1.82, 2.24) is 4.90 Å². The fourth-order valence-electron chi connectivity index (χ4n) is 2.90. The Kier molecular flexibility index (Phi) is 8.07. The standard InChI is InChI=1S/C15H30N2O2/c1-3-4-13(7-10-16)5-6-15(18)17-11-8-14(19-2)9-12-17/h13-14H,3-12,16H2,1-2H3. The lowest BCUT2D eigenvalue weighted by molar-refractivity contribution is -0.133. The topological polar surface area (TPSA) is 55.6 Å². The van der Waals surface area contributed by atoms with Gasteiger partial charge in [0, 0.05) is 26.6 Å². The van der Waals surface area contributed by atoms with E-state index in [2.05, 4.69) is 6.92 Å². The van der Waals surface area contributed by atoms with Gasteiger partial charge in [-0.1, -0.05) is 19.8 Å². The van der Waals surface area contributed by atoms with Crippen LogP contribution in [0.5, 0.6) is 0 Å². The third kappa shape index (κ3) is 5.91. The van der Waals surface area contributed by atoms with E-state index in [4.69, 9.17) is 10.5 Å². The van der Waals surface area contributed by atoms with Crippen molar-refractivity contribution in [1.29, 1.82) is 0 Å². The van der Waals surface area contributed by atoms with E-state index < -0.39 is 0 Å². The number of carbonyl (C=O) groups excluding carboxylic acids is 1. The summed E-state index contributed by atoms with van der Waals surface area (Å²) in [5.41, 5.74) is 5.63. The first kappa shape index (κ1) is 16.4. The largest absolute Gasteiger partial charge is 0.381 e. The zero-order valence-electron chi connectivity index (χ0n) is 12.6. The van der Waals surface area contributed by atoms with Crippen molar-refractivity contribution >= 4 is 5.91 Å². The fraction of sp³-hybridized carbons (Fsp3) is 0.933. The van der Waals surface area contributed by atoms with Crippen molar-refractivity contribution in [2.24, 2.45) is 11.7 Å². The molecule has 0 radical (unpaired) electrons. The molecule has 1 atom stereocenters. The molecule has 1 rings (SSSR count). The van der Waals surface area contributed by atoms with E-state index in [1.54, 1.807) is 7.11 Å². The van der Waals surface area contributed by atoms with Gasteiger partial charge >= 0.3 is 0 Å². The number of ether oxygens (including phenoxy) is 1. The summed E-state index contributed by atoms with van der Waals surface area (Å²) >= 11 is 0. The van der Waals surface area contributed by atoms with Crippen LogP contribution in [-0.2, 0) is 9.53 Å². The normalized spacial score (nSPS) is 18.6. The Bertz CT molecular complexity index is 245. The average molecular weight is 270 g/mol. The van der Waals surface area contributed by atoms with E-state index in [1.807, 2.05) is 4.90 Å². The molecule has 4 nitrogen and oxygen atoms in total. The van der Waals surface area contributed by atoms with Crippen LogP contribution in [0.1, 0.15) is 51.9 Å². The average Bonchev–Trinajstić information content (AvgIpc) is 2.45. The van der Waals surface area contributed by atoms with Crippen molar-refractivity contribution in [2.45, 2.75) is 58.0 Å². The Labute approximate surface area is 117 Å². The van der Waals surface area contributed by atoms with Gasteiger partial charge in [0.05, 0.1) is 6.10 Å². The van der Waals surface area contributed by atoms with Crippen molar-refractivity contribution in [2.75, 3.05) is 26.7 Å². The van der Waals surface area contributed by atoms with Gasteiger partial charge in [-0.25, -0.2) is 0 Å². The molecule has 0 spiro atoms. The molecule has 1 amide bonds. The molecule has 1 unspecified atom stereocenters. The van der Waals surface area contributed by atoms with Gasteiger partial charge < -0.3 is 15.4 Å². The lowest BCUT2D eigenvalue weighted by atomic mass is 9.94. The molecule has 0 aromatic rings. The Hall–Kier alpha value is -0.610. The number of likely N-dealkylation sites (tertiary alicyclic amines) is 1. The molecule has 1 fully saturated rings. The summed E-state index contributed by atoms with van der Waals surface area (Å²) in [4.78, 5) is 14.2. The molecule has 1 heterocycles. The van der Waals surface area contributed by atoms with Gasteiger partial charge in [0.2, 0.25) is 5.91 Å². The molecule has 2 N–H and O–H groups in total. The van der Waals surface area contributed by atoms with Crippen LogP contribution in [0.15, 0.2) is 0 Å². The van der Waals surface area contributed by atoms with E-state index in [-0.39, 0.29) is 0 Å². The number of nitrogens with zero attached hydrogens (tertiary/aromatic N) is 1. The first-order valence-corrected chi connectivity index (χ1v) is 7.71. The predicted molar refractivity (Wildman–Crippen MR) is 77.9 cm³/mol. The first-order valence-electron chi connectivity index (χ1n) is 7.71. The Morgan fingerprint density at radius 1 is 1.32 bits per heavy atom. The van der Waals surface area contributed by atoms with Crippen LogP contribution in [0.4, 0.5) is 0 Å². The number of nitrogens with two attached hydrogens (primary N) is 1. The van der Waals surface area contributed by atoms with E-state index in [9.17, 15) is 4.79 Å². The molecule has 1 aliphatic heterocycles. The van der Waals surface area contributed by atoms with Crippen molar-refractivity contribution < 1.29 is 9.53 Å². The van der Waals surface area contributed by atoms with Crippen molar-refractivity contribution in [3.63, 3.8) is 0 Å². The van der Waals surface area contributed by atoms with Crippen LogP contribution in [0.25, 0.3) is 0 Å². The summed E-state index contributed by atoms with van der Waals surface area (Å²) in [6, 6.07) is 0. The quantitative estimate of drug-likeness (QED) is 0.735. The summed E-state index contributed by atoms with van der Waals surface area (Å²) in [7, 11) is 1.75. The maximum Gasteiger partial charge on any atom is 0.222 e. The molecule has 1 saturated heterocycles. The highest BCUT2D eigenvalue weighted by atomic mass is 16.5. The summed E-state index contributed by atoms with van der Waals surface area (Å²) < 4.78 is 5.33. The zero-order chi connectivity index (χ0) is 14.1. The number of piperidine rings is 1. The number of methoxy groups -OCH3 is 1. The highest BCUT2D eigenvalue weighted by Crippen LogP contribution is 2.19. The van der Waals surface area contributed by atoms with Crippen molar-refractivity contribution in [3.05, 3.63) is 0 Å². The summed E-state index contributed by atoms with van der Waals surface area (Å²) in [6.07, 6.45) is 7.39. The highest BCUT2D eigenvalue weighted by Gasteiger charge is 2.22. The Morgan fingerprint density at radius 3 is 2.53 bits per heavy atom. The third-order valence-electron chi connectivity index (χ3n) is 4.17. The molecule has 0 aromatic heterocycles. The van der Waals surface area contributed by atoms with Gasteiger partial charge in [-0.2, -0.15) is 0 Å². The van der Waals surface area contributed by atoms with Crippen molar-refractivity contribution in [3.8, 4) is 0 Å². The molecular formula is C15H30N2O2. The monoisotopic (exact) mass is 270 g/mol. The SMILES string of the molecule is CCCC(CCN)CCC(=O)N1CCC(OC)CC1. The summed E-state index contributed by atoms with van der Waals surface area (Å²) in [6.45, 7) is 4.64. The van der Waals surface area contributed by atoms with Gasteiger partial charge in [-0.3, -0.25) is 4.79 Å². The van der Waals surface area contributed by atoms with Gasteiger partial charge in [-0.15, -0.1) is 0 Å². The van der Waals surface area contributed by atoms with Gasteiger partial charge in [0.15, 0.2) is 0 Å². The zero-order valence-corrected chi connectivity index (χ0v) is 12.6. The molecule has 4 heteroatoms. The fourth-order valence-corrected chi connectivity index (χ4v) is 2.90. The molecule has 0 bridgehead atoms. The maximum atomic E-state index is 12.2. The minimum atomic E-state index is 0.313. The molecule has 0 aliphatic carbocycles. The smallest absolute Gasteiger partial charge is 0.222 e. The number of rotatable bonds is 8. The lowest BCUT2D eigenvalue weighted by Crippen LogP contribution is -2.40. The molecule has 112 valence electrons. The van der Waals surface area contributed by atoms with Crippen LogP contribution >= 0.6 is 0 Å². The van der Waals surface area contributed by atoms with E-state index >= 15 is 0 Å². The Balaban J connectivity index is 2.26. The highest BCUT2D eigenvalue weighted by molar-refractivity contribution is 5.76. The van der Waals surface area contributed by atoms with Gasteiger partial charge in [0.25, 0.3) is 0 Å². The third-order valence-corrected chi connectivity index (χ3v) is 4.17. The second-order valence-corrected chi connectivity index (χ2v) is 5.59. The summed E-state index contributed by atoms with van der Waals surface area (Å²) in [5, 5.41) is 0. The number of amides is 1. The van der Waals surface area contributed by atoms with E-state index in [0.717, 1.165) is 45.3 Å². The number of carbonyl (C=O) groups is 1. The first-order chi connectivity index (χ1) is 9.21. The Morgan fingerprint density at radius 2 is 2.00 bits per heavy atom. The summed E-state index contributed by atoms with van der Waals surface area (Å²) in [5.74, 6) is 0.933. The lowest BCUT2D eigenvalue weighted by Gasteiger charge is -2.31. The van der Waals surface area contributed by atoms with Crippen LogP contribution < -0.4 is 5.73 Å². The predicted octanol–water partition coefficient (Wildman–Crippen LogP) is 2.17. The van der Waals surface area contributed by atoms with Crippen LogP contribution in [-0.4, -0.2) is 43.7 Å². The van der Waals surface area contributed by atoms with Crippen LogP contribution in [0.2, 0.25) is 0 Å². The number of hydrogen-bond donors (Lipinski definition) is 1. The number of hydrogen-bond acceptors (Lipinski definition) is 3. The van der Waals surface area contributed by atoms with Gasteiger partial charge in [-0.05, 0) is 38.1 Å². The second-order valence-electron chi connectivity index (χ2n) is 5.59. The molecule has 0 saturated carbocycles.